The molecule has 0 aliphatic carbocycles. The van der Waals surface area contributed by atoms with Crippen LogP contribution in [0.1, 0.15) is 29.3 Å². The van der Waals surface area contributed by atoms with E-state index in [1.54, 1.807) is 6.07 Å². The summed E-state index contributed by atoms with van der Waals surface area (Å²) in [6, 6.07) is 12.5. The number of hydrogen-bond acceptors (Lipinski definition) is 1. The lowest BCUT2D eigenvalue weighted by Gasteiger charge is -2.13. The van der Waals surface area contributed by atoms with Crippen molar-refractivity contribution in [3.63, 3.8) is 0 Å². The molecule has 2 aromatic rings. The lowest BCUT2D eigenvalue weighted by Crippen LogP contribution is -1.98. The van der Waals surface area contributed by atoms with Crippen molar-refractivity contribution >= 4 is 31.9 Å². The fourth-order valence-electron chi connectivity index (χ4n) is 1.86. The molecule has 1 atom stereocenters. The highest BCUT2D eigenvalue weighted by Crippen LogP contribution is 2.35. The van der Waals surface area contributed by atoms with E-state index < -0.39 is 0 Å². The normalized spacial score (nSPS) is 12.2. The Kier molecular flexibility index (Phi) is 5.61. The van der Waals surface area contributed by atoms with Crippen LogP contribution in [-0.2, 0) is 0 Å². The standard InChI is InChI=1S/C16H15Br2FO/c1-2-8-20-15-7-6-12(10-14(15)17)16(18)11-4-3-5-13(19)9-11/h3-7,9-10,16H,2,8H2,1H3. The molecule has 0 aliphatic heterocycles. The molecule has 1 nitrogen and oxygen atoms in total. The molecular weight excluding hydrogens is 387 g/mol. The predicted octanol–water partition coefficient (Wildman–Crippen LogP) is 5.86. The zero-order valence-electron chi connectivity index (χ0n) is 11.1. The van der Waals surface area contributed by atoms with Gasteiger partial charge in [-0.1, -0.05) is 41.1 Å². The second-order valence-corrected chi connectivity index (χ2v) is 6.23. The van der Waals surface area contributed by atoms with Crippen LogP contribution in [0, 0.1) is 5.82 Å². The van der Waals surface area contributed by atoms with Crippen molar-refractivity contribution < 1.29 is 9.13 Å². The van der Waals surface area contributed by atoms with E-state index in [9.17, 15) is 4.39 Å². The van der Waals surface area contributed by atoms with Crippen molar-refractivity contribution in [2.45, 2.75) is 18.2 Å². The van der Waals surface area contributed by atoms with Crippen LogP contribution < -0.4 is 4.74 Å². The third-order valence-corrected chi connectivity index (χ3v) is 4.53. The Morgan fingerprint density at radius 1 is 1.15 bits per heavy atom. The van der Waals surface area contributed by atoms with Crippen molar-refractivity contribution in [3.8, 4) is 5.75 Å². The van der Waals surface area contributed by atoms with Gasteiger partial charge in [-0.3, -0.25) is 0 Å². The van der Waals surface area contributed by atoms with Crippen molar-refractivity contribution in [1.29, 1.82) is 0 Å². The van der Waals surface area contributed by atoms with Crippen LogP contribution in [0.25, 0.3) is 0 Å². The molecule has 0 fully saturated rings. The van der Waals surface area contributed by atoms with Crippen LogP contribution in [0.4, 0.5) is 4.39 Å². The third-order valence-electron chi connectivity index (χ3n) is 2.85. The fraction of sp³-hybridized carbons (Fsp3) is 0.250. The van der Waals surface area contributed by atoms with Gasteiger partial charge < -0.3 is 4.74 Å². The fourth-order valence-corrected chi connectivity index (χ4v) is 2.94. The first-order valence-electron chi connectivity index (χ1n) is 6.43. The molecule has 0 aromatic heterocycles. The number of halogens is 3. The number of ether oxygens (including phenoxy) is 1. The molecule has 0 heterocycles. The summed E-state index contributed by atoms with van der Waals surface area (Å²) in [4.78, 5) is -0.0466. The summed E-state index contributed by atoms with van der Waals surface area (Å²) in [6.45, 7) is 2.76. The monoisotopic (exact) mass is 400 g/mol. The van der Waals surface area contributed by atoms with E-state index in [1.807, 2.05) is 24.3 Å². The van der Waals surface area contributed by atoms with Crippen LogP contribution in [0.5, 0.6) is 5.75 Å². The lowest BCUT2D eigenvalue weighted by atomic mass is 10.0. The highest BCUT2D eigenvalue weighted by molar-refractivity contribution is 9.10. The molecule has 0 N–H and O–H groups in total. The van der Waals surface area contributed by atoms with Crippen LogP contribution in [-0.4, -0.2) is 6.61 Å². The smallest absolute Gasteiger partial charge is 0.133 e. The van der Waals surface area contributed by atoms with E-state index in [2.05, 4.69) is 38.8 Å². The minimum Gasteiger partial charge on any atom is -0.492 e. The molecule has 2 aromatic carbocycles. The molecule has 4 heteroatoms. The van der Waals surface area contributed by atoms with Crippen molar-refractivity contribution in [3.05, 3.63) is 63.9 Å². The zero-order valence-corrected chi connectivity index (χ0v) is 14.2. The molecule has 0 spiro atoms. The third kappa shape index (κ3) is 3.83. The van der Waals surface area contributed by atoms with Crippen LogP contribution >= 0.6 is 31.9 Å². The first-order chi connectivity index (χ1) is 9.61. The highest BCUT2D eigenvalue weighted by Gasteiger charge is 2.13. The number of benzene rings is 2. The van der Waals surface area contributed by atoms with Crippen LogP contribution in [0.3, 0.4) is 0 Å². The van der Waals surface area contributed by atoms with E-state index >= 15 is 0 Å². The first kappa shape index (κ1) is 15.5. The predicted molar refractivity (Wildman–Crippen MR) is 87.1 cm³/mol. The summed E-state index contributed by atoms with van der Waals surface area (Å²) in [5, 5.41) is 0. The topological polar surface area (TPSA) is 9.23 Å². The largest absolute Gasteiger partial charge is 0.492 e. The number of hydrogen-bond donors (Lipinski definition) is 0. The SMILES string of the molecule is CCCOc1ccc(C(Br)c2cccc(F)c2)cc1Br. The Balaban J connectivity index is 2.22. The first-order valence-corrected chi connectivity index (χ1v) is 8.14. The zero-order chi connectivity index (χ0) is 14.5. The van der Waals surface area contributed by atoms with Gasteiger partial charge in [-0.15, -0.1) is 0 Å². The summed E-state index contributed by atoms with van der Waals surface area (Å²) in [7, 11) is 0. The Labute approximate surface area is 135 Å². The molecule has 0 aliphatic rings. The summed E-state index contributed by atoms with van der Waals surface area (Å²) in [5.74, 6) is 0.600. The highest BCUT2D eigenvalue weighted by atomic mass is 79.9. The maximum absolute atomic E-state index is 13.3. The molecule has 0 amide bonds. The molecule has 0 bridgehead atoms. The summed E-state index contributed by atoms with van der Waals surface area (Å²) in [6.07, 6.45) is 0.971. The van der Waals surface area contributed by atoms with E-state index in [4.69, 9.17) is 4.74 Å². The Morgan fingerprint density at radius 2 is 1.90 bits per heavy atom. The molecule has 106 valence electrons. The van der Waals surface area contributed by atoms with Gasteiger partial charge in [0.2, 0.25) is 0 Å². The second kappa shape index (κ2) is 7.23. The van der Waals surface area contributed by atoms with Gasteiger partial charge in [0.15, 0.2) is 0 Å². The summed E-state index contributed by atoms with van der Waals surface area (Å²) >= 11 is 7.12. The van der Waals surface area contributed by atoms with E-state index in [0.717, 1.165) is 27.8 Å². The van der Waals surface area contributed by atoms with Gasteiger partial charge in [0.25, 0.3) is 0 Å². The minimum atomic E-state index is -0.228. The molecule has 1 unspecified atom stereocenters. The summed E-state index contributed by atoms with van der Waals surface area (Å²) in [5.41, 5.74) is 1.94. The number of rotatable bonds is 5. The average molecular weight is 402 g/mol. The maximum atomic E-state index is 13.3. The van der Waals surface area contributed by atoms with Gasteiger partial charge in [0, 0.05) is 0 Å². The van der Waals surface area contributed by atoms with Gasteiger partial charge in [0.05, 0.1) is 15.9 Å². The van der Waals surface area contributed by atoms with Crippen LogP contribution in [0.2, 0.25) is 0 Å². The average Bonchev–Trinajstić information content (AvgIpc) is 2.45. The van der Waals surface area contributed by atoms with Crippen molar-refractivity contribution in [2.24, 2.45) is 0 Å². The molecule has 0 saturated carbocycles. The Hall–Kier alpha value is -0.870. The van der Waals surface area contributed by atoms with Gasteiger partial charge in [-0.2, -0.15) is 0 Å². The van der Waals surface area contributed by atoms with E-state index in [0.29, 0.717) is 6.61 Å². The maximum Gasteiger partial charge on any atom is 0.133 e. The van der Waals surface area contributed by atoms with Crippen LogP contribution in [0.15, 0.2) is 46.9 Å². The quantitative estimate of drug-likeness (QED) is 0.570. The van der Waals surface area contributed by atoms with Crippen molar-refractivity contribution in [2.75, 3.05) is 6.61 Å². The number of alkyl halides is 1. The molecule has 0 saturated heterocycles. The molecule has 20 heavy (non-hydrogen) atoms. The second-order valence-electron chi connectivity index (χ2n) is 4.46. The molecule has 2 rings (SSSR count). The summed E-state index contributed by atoms with van der Waals surface area (Å²) < 4.78 is 19.8. The van der Waals surface area contributed by atoms with Gasteiger partial charge in [0.1, 0.15) is 11.6 Å². The Bertz CT molecular complexity index is 586. The lowest BCUT2D eigenvalue weighted by molar-refractivity contribution is 0.315. The van der Waals surface area contributed by atoms with E-state index in [1.165, 1.54) is 12.1 Å². The molecular formula is C16H15Br2FO. The van der Waals surface area contributed by atoms with Gasteiger partial charge in [-0.05, 0) is 57.7 Å². The van der Waals surface area contributed by atoms with E-state index in [-0.39, 0.29) is 10.6 Å². The van der Waals surface area contributed by atoms with Gasteiger partial charge >= 0.3 is 0 Å². The van der Waals surface area contributed by atoms with Crippen molar-refractivity contribution in [1.82, 2.24) is 0 Å². The minimum absolute atomic E-state index is 0.0466. The Morgan fingerprint density at radius 3 is 2.55 bits per heavy atom. The van der Waals surface area contributed by atoms with Gasteiger partial charge in [-0.25, -0.2) is 4.39 Å². The molecule has 0 radical (unpaired) electrons.